The van der Waals surface area contributed by atoms with Gasteiger partial charge in [-0.05, 0) is 42.0 Å². The van der Waals surface area contributed by atoms with Crippen LogP contribution in [-0.4, -0.2) is 5.78 Å². The van der Waals surface area contributed by atoms with Gasteiger partial charge in [0.1, 0.15) is 12.4 Å². The van der Waals surface area contributed by atoms with E-state index in [1.807, 2.05) is 78.9 Å². The minimum absolute atomic E-state index is 0.0876. The molecule has 3 aromatic rings. The molecule has 128 valence electrons. The molecule has 1 aliphatic rings. The molecule has 3 aromatic carbocycles. The Morgan fingerprint density at radius 2 is 1.65 bits per heavy atom. The van der Waals surface area contributed by atoms with E-state index in [1.54, 1.807) is 0 Å². The van der Waals surface area contributed by atoms with Crippen molar-refractivity contribution in [2.45, 2.75) is 11.5 Å². The van der Waals surface area contributed by atoms with Crippen LogP contribution in [0.3, 0.4) is 0 Å². The summed E-state index contributed by atoms with van der Waals surface area (Å²) in [6.45, 7) is 0.420. The van der Waals surface area contributed by atoms with Crippen molar-refractivity contribution in [3.8, 4) is 5.75 Å². The summed E-state index contributed by atoms with van der Waals surface area (Å²) in [5.41, 5.74) is 2.70. The number of ether oxygens (including phenoxy) is 1. The first-order valence-electron chi connectivity index (χ1n) is 8.20. The molecule has 0 aliphatic carbocycles. The van der Waals surface area contributed by atoms with E-state index in [-0.39, 0.29) is 5.78 Å². The lowest BCUT2D eigenvalue weighted by atomic mass is 10.1. The van der Waals surface area contributed by atoms with Crippen LogP contribution in [0.25, 0.3) is 6.08 Å². The van der Waals surface area contributed by atoms with Crippen molar-refractivity contribution in [2.75, 3.05) is 0 Å². The Bertz CT molecular complexity index is 993. The second kappa shape index (κ2) is 7.40. The topological polar surface area (TPSA) is 26.3 Å². The van der Waals surface area contributed by atoms with Gasteiger partial charge in [0.15, 0.2) is 0 Å². The second-order valence-corrected chi connectivity index (χ2v) is 7.38. The van der Waals surface area contributed by atoms with E-state index >= 15 is 0 Å². The number of ketones is 1. The largest absolute Gasteiger partial charge is 0.489 e. The summed E-state index contributed by atoms with van der Waals surface area (Å²) in [4.78, 5) is 14.2. The van der Waals surface area contributed by atoms with Crippen LogP contribution in [0.1, 0.15) is 21.5 Å². The zero-order valence-electron chi connectivity index (χ0n) is 13.8. The quantitative estimate of drug-likeness (QED) is 0.502. The van der Waals surface area contributed by atoms with Gasteiger partial charge >= 0.3 is 0 Å². The van der Waals surface area contributed by atoms with Gasteiger partial charge in [0.2, 0.25) is 5.78 Å². The summed E-state index contributed by atoms with van der Waals surface area (Å²) >= 11 is 7.66. The normalized spacial score (nSPS) is 14.5. The Balaban J connectivity index is 1.45. The molecule has 26 heavy (non-hydrogen) atoms. The average Bonchev–Trinajstić information content (AvgIpc) is 2.98. The van der Waals surface area contributed by atoms with Crippen LogP contribution in [0.2, 0.25) is 5.02 Å². The average molecular weight is 379 g/mol. The highest BCUT2D eigenvalue weighted by Gasteiger charge is 2.24. The summed E-state index contributed by atoms with van der Waals surface area (Å²) in [5.74, 6) is 0.852. The molecule has 0 atom stereocenters. The van der Waals surface area contributed by atoms with E-state index in [9.17, 15) is 4.79 Å². The van der Waals surface area contributed by atoms with Gasteiger partial charge in [-0.1, -0.05) is 65.8 Å². The molecule has 0 fully saturated rings. The van der Waals surface area contributed by atoms with Gasteiger partial charge in [0.25, 0.3) is 0 Å². The first kappa shape index (κ1) is 17.0. The SMILES string of the molecule is O=C1C(=Cc2ccc(OCc3ccccc3Cl)cc2)Sc2ccccc21. The van der Waals surface area contributed by atoms with Gasteiger partial charge < -0.3 is 4.74 Å². The van der Waals surface area contributed by atoms with Gasteiger partial charge in [0, 0.05) is 21.0 Å². The number of carbonyl (C=O) groups excluding carboxylic acids is 1. The lowest BCUT2D eigenvalue weighted by Crippen LogP contribution is -1.96. The molecule has 4 heteroatoms. The molecule has 0 saturated heterocycles. The molecular formula is C22H15ClO2S. The Morgan fingerprint density at radius 1 is 0.923 bits per heavy atom. The van der Waals surface area contributed by atoms with Gasteiger partial charge in [-0.3, -0.25) is 4.79 Å². The minimum atomic E-state index is 0.0876. The van der Waals surface area contributed by atoms with Crippen molar-refractivity contribution < 1.29 is 9.53 Å². The van der Waals surface area contributed by atoms with Crippen LogP contribution >= 0.6 is 23.4 Å². The van der Waals surface area contributed by atoms with Gasteiger partial charge in [0.05, 0.1) is 4.91 Å². The highest BCUT2D eigenvalue weighted by Crippen LogP contribution is 2.40. The van der Waals surface area contributed by atoms with E-state index < -0.39 is 0 Å². The molecule has 0 amide bonds. The van der Waals surface area contributed by atoms with Crippen LogP contribution < -0.4 is 4.74 Å². The smallest absolute Gasteiger partial charge is 0.200 e. The van der Waals surface area contributed by atoms with Gasteiger partial charge in [-0.2, -0.15) is 0 Å². The fraction of sp³-hybridized carbons (Fsp3) is 0.0455. The van der Waals surface area contributed by atoms with Crippen molar-refractivity contribution in [1.82, 2.24) is 0 Å². The number of thioether (sulfide) groups is 1. The summed E-state index contributed by atoms with van der Waals surface area (Å²) in [7, 11) is 0. The molecule has 0 N–H and O–H groups in total. The van der Waals surface area contributed by atoms with Crippen molar-refractivity contribution in [2.24, 2.45) is 0 Å². The Hall–Kier alpha value is -2.49. The number of rotatable bonds is 4. The van der Waals surface area contributed by atoms with E-state index in [0.717, 1.165) is 32.2 Å². The fourth-order valence-corrected chi connectivity index (χ4v) is 3.97. The third-order valence-corrected chi connectivity index (χ3v) is 5.57. The molecule has 0 radical (unpaired) electrons. The Morgan fingerprint density at radius 3 is 2.42 bits per heavy atom. The van der Waals surface area contributed by atoms with Crippen LogP contribution in [0, 0.1) is 0 Å². The lowest BCUT2D eigenvalue weighted by molar-refractivity contribution is 0.104. The minimum Gasteiger partial charge on any atom is -0.489 e. The molecule has 0 aromatic heterocycles. The van der Waals surface area contributed by atoms with Crippen molar-refractivity contribution in [1.29, 1.82) is 0 Å². The van der Waals surface area contributed by atoms with E-state index in [4.69, 9.17) is 16.3 Å². The molecular weight excluding hydrogens is 364 g/mol. The Labute approximate surface area is 161 Å². The van der Waals surface area contributed by atoms with Crippen LogP contribution in [-0.2, 0) is 6.61 Å². The first-order chi connectivity index (χ1) is 12.7. The number of benzene rings is 3. The van der Waals surface area contributed by atoms with Gasteiger partial charge in [-0.25, -0.2) is 0 Å². The molecule has 0 bridgehead atoms. The van der Waals surface area contributed by atoms with E-state index in [2.05, 4.69) is 0 Å². The van der Waals surface area contributed by atoms with E-state index in [0.29, 0.717) is 11.6 Å². The third kappa shape index (κ3) is 3.55. The number of carbonyl (C=O) groups is 1. The molecule has 2 nitrogen and oxygen atoms in total. The van der Waals surface area contributed by atoms with Crippen molar-refractivity contribution >= 4 is 35.2 Å². The highest BCUT2D eigenvalue weighted by atomic mass is 35.5. The van der Waals surface area contributed by atoms with Crippen LogP contribution in [0.15, 0.2) is 82.6 Å². The van der Waals surface area contributed by atoms with Gasteiger partial charge in [-0.15, -0.1) is 0 Å². The van der Waals surface area contributed by atoms with Crippen LogP contribution in [0.5, 0.6) is 5.75 Å². The zero-order valence-corrected chi connectivity index (χ0v) is 15.4. The molecule has 0 saturated carbocycles. The number of fused-ring (bicyclic) bond motifs is 1. The monoisotopic (exact) mass is 378 g/mol. The maximum Gasteiger partial charge on any atom is 0.200 e. The first-order valence-corrected chi connectivity index (χ1v) is 9.40. The van der Waals surface area contributed by atoms with Crippen molar-refractivity contribution in [3.63, 3.8) is 0 Å². The summed E-state index contributed by atoms with van der Waals surface area (Å²) in [5, 5.41) is 0.699. The number of Topliss-reactive ketones (excluding diaryl/α,β-unsaturated/α-hetero) is 1. The molecule has 0 spiro atoms. The van der Waals surface area contributed by atoms with Crippen molar-refractivity contribution in [3.05, 3.63) is 99.4 Å². The standard InChI is InChI=1S/C22H15ClO2S/c23-19-7-3-1-5-16(19)14-25-17-11-9-15(10-12-17)13-21-22(24)18-6-2-4-8-20(18)26-21/h1-13H,14H2. The fourth-order valence-electron chi connectivity index (χ4n) is 2.72. The predicted molar refractivity (Wildman–Crippen MR) is 107 cm³/mol. The molecule has 1 aliphatic heterocycles. The number of hydrogen-bond acceptors (Lipinski definition) is 3. The number of hydrogen-bond donors (Lipinski definition) is 0. The summed E-state index contributed by atoms with van der Waals surface area (Å²) in [6, 6.07) is 23.0. The second-order valence-electron chi connectivity index (χ2n) is 5.89. The molecule has 1 heterocycles. The lowest BCUT2D eigenvalue weighted by Gasteiger charge is -2.08. The molecule has 4 rings (SSSR count). The summed E-state index contributed by atoms with van der Waals surface area (Å²) < 4.78 is 5.79. The maximum absolute atomic E-state index is 12.4. The number of halogens is 1. The van der Waals surface area contributed by atoms with Crippen LogP contribution in [0.4, 0.5) is 0 Å². The zero-order chi connectivity index (χ0) is 17.9. The maximum atomic E-state index is 12.4. The third-order valence-electron chi connectivity index (χ3n) is 4.11. The summed E-state index contributed by atoms with van der Waals surface area (Å²) in [6.07, 6.45) is 1.92. The molecule has 0 unspecified atom stereocenters. The van der Waals surface area contributed by atoms with E-state index in [1.165, 1.54) is 11.8 Å². The highest BCUT2D eigenvalue weighted by molar-refractivity contribution is 8.04. The predicted octanol–water partition coefficient (Wildman–Crippen LogP) is 6.25. The number of allylic oxidation sites excluding steroid dienone is 1. The Kier molecular flexibility index (Phi) is 4.83.